The van der Waals surface area contributed by atoms with Crippen molar-refractivity contribution in [3.8, 4) is 5.75 Å². The highest BCUT2D eigenvalue weighted by Gasteiger charge is 2.11. The zero-order valence-corrected chi connectivity index (χ0v) is 16.6. The fourth-order valence-electron chi connectivity index (χ4n) is 2.79. The lowest BCUT2D eigenvalue weighted by Gasteiger charge is -2.08. The van der Waals surface area contributed by atoms with Gasteiger partial charge in [0.15, 0.2) is 0 Å². The normalized spacial score (nSPS) is 10.4. The highest BCUT2D eigenvalue weighted by molar-refractivity contribution is 6.30. The number of halogens is 1. The highest BCUT2D eigenvalue weighted by atomic mass is 35.5. The third kappa shape index (κ3) is 6.77. The summed E-state index contributed by atoms with van der Waals surface area (Å²) in [7, 11) is 0. The molecule has 3 rings (SSSR count). The summed E-state index contributed by atoms with van der Waals surface area (Å²) in [6.07, 6.45) is 1.70. The van der Waals surface area contributed by atoms with E-state index in [0.717, 1.165) is 18.4 Å². The molecule has 0 aromatic heterocycles. The van der Waals surface area contributed by atoms with Gasteiger partial charge in [-0.05, 0) is 54.3 Å². The van der Waals surface area contributed by atoms with Gasteiger partial charge in [0, 0.05) is 5.02 Å². The van der Waals surface area contributed by atoms with Crippen molar-refractivity contribution in [2.24, 2.45) is 0 Å². The van der Waals surface area contributed by atoms with E-state index in [0.29, 0.717) is 22.9 Å². The van der Waals surface area contributed by atoms with Crippen LogP contribution in [0.25, 0.3) is 0 Å². The van der Waals surface area contributed by atoms with E-state index in [2.05, 4.69) is 0 Å². The molecule has 0 saturated heterocycles. The van der Waals surface area contributed by atoms with E-state index >= 15 is 0 Å². The molecule has 0 amide bonds. The van der Waals surface area contributed by atoms with Crippen LogP contribution >= 0.6 is 11.6 Å². The van der Waals surface area contributed by atoms with Gasteiger partial charge in [0.1, 0.15) is 5.75 Å². The molecule has 0 saturated carbocycles. The molecule has 0 bridgehead atoms. The first-order valence-corrected chi connectivity index (χ1v) is 9.74. The molecule has 0 unspecified atom stereocenters. The van der Waals surface area contributed by atoms with Crippen molar-refractivity contribution >= 4 is 23.5 Å². The summed E-state index contributed by atoms with van der Waals surface area (Å²) >= 11 is 5.84. The van der Waals surface area contributed by atoms with Crippen LogP contribution in [0.1, 0.15) is 27.9 Å². The maximum atomic E-state index is 12.2. The molecule has 148 valence electrons. The molecule has 0 fully saturated rings. The summed E-state index contributed by atoms with van der Waals surface area (Å²) < 4.78 is 10.7. The second kappa shape index (κ2) is 10.4. The van der Waals surface area contributed by atoms with E-state index in [4.69, 9.17) is 21.1 Å². The van der Waals surface area contributed by atoms with Gasteiger partial charge in [0.05, 0.1) is 18.6 Å². The van der Waals surface area contributed by atoms with Crippen LogP contribution in [0, 0.1) is 0 Å². The standard InChI is InChI=1S/C24H21ClO4/c25-21-13-11-19(12-14-21)16-23(26)29-22-10-4-9-20(17-22)24(27)28-15-5-8-18-6-2-1-3-7-18/h1-4,6-7,9-14,17H,5,8,15-16H2. The van der Waals surface area contributed by atoms with E-state index in [1.807, 2.05) is 30.3 Å². The minimum atomic E-state index is -0.436. The van der Waals surface area contributed by atoms with Crippen LogP contribution in [0.3, 0.4) is 0 Å². The van der Waals surface area contributed by atoms with Crippen molar-refractivity contribution in [2.75, 3.05) is 6.61 Å². The number of hydrogen-bond acceptors (Lipinski definition) is 4. The molecular weight excluding hydrogens is 388 g/mol. The third-order valence-electron chi connectivity index (χ3n) is 4.25. The molecule has 3 aromatic rings. The first kappa shape index (κ1) is 20.6. The van der Waals surface area contributed by atoms with Crippen molar-refractivity contribution in [3.63, 3.8) is 0 Å². The highest BCUT2D eigenvalue weighted by Crippen LogP contribution is 2.16. The first-order chi connectivity index (χ1) is 14.1. The summed E-state index contributed by atoms with van der Waals surface area (Å²) in [5, 5.41) is 0.608. The van der Waals surface area contributed by atoms with Crippen LogP contribution in [-0.2, 0) is 22.4 Å². The third-order valence-corrected chi connectivity index (χ3v) is 4.50. The summed E-state index contributed by atoms with van der Waals surface area (Å²) in [4.78, 5) is 24.4. The average molecular weight is 409 g/mol. The number of hydrogen-bond donors (Lipinski definition) is 0. The molecule has 4 nitrogen and oxygen atoms in total. The van der Waals surface area contributed by atoms with Gasteiger partial charge in [-0.15, -0.1) is 0 Å². The van der Waals surface area contributed by atoms with Crippen LogP contribution in [-0.4, -0.2) is 18.5 Å². The van der Waals surface area contributed by atoms with E-state index in [1.54, 1.807) is 42.5 Å². The number of rotatable bonds is 8. The topological polar surface area (TPSA) is 52.6 Å². The molecule has 0 atom stereocenters. The van der Waals surface area contributed by atoms with Gasteiger partial charge in [-0.2, -0.15) is 0 Å². The Hall–Kier alpha value is -3.11. The Bertz CT molecular complexity index is 952. The maximum Gasteiger partial charge on any atom is 0.338 e. The van der Waals surface area contributed by atoms with E-state index < -0.39 is 11.9 Å². The maximum absolute atomic E-state index is 12.2. The smallest absolute Gasteiger partial charge is 0.338 e. The number of esters is 2. The number of carbonyl (C=O) groups is 2. The Morgan fingerprint density at radius 3 is 2.34 bits per heavy atom. The van der Waals surface area contributed by atoms with E-state index in [9.17, 15) is 9.59 Å². The average Bonchev–Trinajstić information content (AvgIpc) is 2.73. The quantitative estimate of drug-likeness (QED) is 0.289. The molecule has 0 aliphatic rings. The zero-order chi connectivity index (χ0) is 20.5. The second-order valence-electron chi connectivity index (χ2n) is 6.53. The molecule has 29 heavy (non-hydrogen) atoms. The van der Waals surface area contributed by atoms with Gasteiger partial charge < -0.3 is 9.47 Å². The number of aryl methyl sites for hydroxylation is 1. The van der Waals surface area contributed by atoms with Crippen LogP contribution in [0.15, 0.2) is 78.9 Å². The molecule has 0 aliphatic heterocycles. The van der Waals surface area contributed by atoms with Gasteiger partial charge in [-0.25, -0.2) is 4.79 Å². The minimum absolute atomic E-state index is 0.116. The SMILES string of the molecule is O=C(Cc1ccc(Cl)cc1)Oc1cccc(C(=O)OCCCc2ccccc2)c1. The van der Waals surface area contributed by atoms with E-state index in [1.165, 1.54) is 11.6 Å². The summed E-state index contributed by atoms with van der Waals surface area (Å²) in [6.45, 7) is 0.328. The van der Waals surface area contributed by atoms with Crippen molar-refractivity contribution in [1.82, 2.24) is 0 Å². The van der Waals surface area contributed by atoms with Crippen molar-refractivity contribution in [1.29, 1.82) is 0 Å². The predicted molar refractivity (Wildman–Crippen MR) is 112 cm³/mol. The lowest BCUT2D eigenvalue weighted by atomic mass is 10.1. The summed E-state index contributed by atoms with van der Waals surface area (Å²) in [6, 6.07) is 23.5. The van der Waals surface area contributed by atoms with E-state index in [-0.39, 0.29) is 6.42 Å². The molecule has 5 heteroatoms. The molecule has 0 spiro atoms. The first-order valence-electron chi connectivity index (χ1n) is 9.36. The monoisotopic (exact) mass is 408 g/mol. The van der Waals surface area contributed by atoms with Crippen LogP contribution < -0.4 is 4.74 Å². The summed E-state index contributed by atoms with van der Waals surface area (Å²) in [5.74, 6) is -0.544. The number of benzene rings is 3. The van der Waals surface area contributed by atoms with Gasteiger partial charge >= 0.3 is 11.9 Å². The van der Waals surface area contributed by atoms with Gasteiger partial charge in [-0.3, -0.25) is 4.79 Å². The molecular formula is C24H21ClO4. The number of ether oxygens (including phenoxy) is 2. The molecule has 0 aliphatic carbocycles. The Labute approximate surface area is 175 Å². The largest absolute Gasteiger partial charge is 0.462 e. The Morgan fingerprint density at radius 1 is 0.828 bits per heavy atom. The molecule has 3 aromatic carbocycles. The Kier molecular flexibility index (Phi) is 7.42. The summed E-state index contributed by atoms with van der Waals surface area (Å²) in [5.41, 5.74) is 2.35. The fourth-order valence-corrected chi connectivity index (χ4v) is 2.92. The van der Waals surface area contributed by atoms with Gasteiger partial charge in [0.25, 0.3) is 0 Å². The Balaban J connectivity index is 1.48. The van der Waals surface area contributed by atoms with Gasteiger partial charge in [0.2, 0.25) is 0 Å². The van der Waals surface area contributed by atoms with Crippen molar-refractivity contribution in [3.05, 3.63) is 101 Å². The van der Waals surface area contributed by atoms with Crippen molar-refractivity contribution < 1.29 is 19.1 Å². The molecule has 0 heterocycles. The Morgan fingerprint density at radius 2 is 1.59 bits per heavy atom. The van der Waals surface area contributed by atoms with Crippen LogP contribution in [0.2, 0.25) is 5.02 Å². The lowest BCUT2D eigenvalue weighted by molar-refractivity contribution is -0.133. The van der Waals surface area contributed by atoms with Crippen molar-refractivity contribution in [2.45, 2.75) is 19.3 Å². The predicted octanol–water partition coefficient (Wildman–Crippen LogP) is 5.28. The zero-order valence-electron chi connectivity index (χ0n) is 15.8. The fraction of sp³-hybridized carbons (Fsp3) is 0.167. The molecule has 0 N–H and O–H groups in total. The second-order valence-corrected chi connectivity index (χ2v) is 6.97. The molecule has 0 radical (unpaired) electrons. The van der Waals surface area contributed by atoms with Crippen LogP contribution in [0.5, 0.6) is 5.75 Å². The minimum Gasteiger partial charge on any atom is -0.462 e. The lowest BCUT2D eigenvalue weighted by Crippen LogP contribution is -2.12. The van der Waals surface area contributed by atoms with Crippen LogP contribution in [0.4, 0.5) is 0 Å². The van der Waals surface area contributed by atoms with Gasteiger partial charge in [-0.1, -0.05) is 60.1 Å². The number of carbonyl (C=O) groups excluding carboxylic acids is 2.